The van der Waals surface area contributed by atoms with Crippen molar-refractivity contribution in [1.29, 1.82) is 0 Å². The summed E-state index contributed by atoms with van der Waals surface area (Å²) in [5.74, 6) is 0.652. The van der Waals surface area contributed by atoms with E-state index in [0.29, 0.717) is 5.92 Å². The molecule has 0 spiro atoms. The minimum Gasteiger partial charge on any atom is -0.383 e. The molecule has 0 saturated carbocycles. The summed E-state index contributed by atoms with van der Waals surface area (Å²) in [6.07, 6.45) is 1.18. The number of anilines is 1. The van der Waals surface area contributed by atoms with Gasteiger partial charge in [-0.05, 0) is 18.1 Å². The van der Waals surface area contributed by atoms with Crippen molar-refractivity contribution < 1.29 is 0 Å². The van der Waals surface area contributed by atoms with Crippen LogP contribution in [0.4, 0.5) is 5.69 Å². The molecule has 2 heteroatoms. The standard InChI is InChI=1S/C10H12ClN/c1-2-7-6-12-10-8(7)4-3-5-9(10)11/h3-5,7,12H,2,6H2,1H3/t7-/m1/s1. The lowest BCUT2D eigenvalue weighted by atomic mass is 9.99. The smallest absolute Gasteiger partial charge is 0.0640 e. The topological polar surface area (TPSA) is 12.0 Å². The number of nitrogens with one attached hydrogen (secondary N) is 1. The SMILES string of the molecule is CC[C@@H]1CNc2c(Cl)cccc21. The summed E-state index contributed by atoms with van der Waals surface area (Å²) in [6.45, 7) is 3.25. The van der Waals surface area contributed by atoms with E-state index in [4.69, 9.17) is 11.6 Å². The maximum Gasteiger partial charge on any atom is 0.0640 e. The van der Waals surface area contributed by atoms with Crippen LogP contribution in [0.2, 0.25) is 5.02 Å². The molecule has 0 bridgehead atoms. The second kappa shape index (κ2) is 2.98. The van der Waals surface area contributed by atoms with Gasteiger partial charge in [0.25, 0.3) is 0 Å². The van der Waals surface area contributed by atoms with Crippen LogP contribution in [0.25, 0.3) is 0 Å². The minimum atomic E-state index is 0.652. The molecule has 1 aromatic carbocycles. The molecule has 0 aliphatic carbocycles. The summed E-state index contributed by atoms with van der Waals surface area (Å²) in [5, 5.41) is 4.19. The van der Waals surface area contributed by atoms with Crippen molar-refractivity contribution >= 4 is 17.3 Å². The van der Waals surface area contributed by atoms with Crippen molar-refractivity contribution in [3.8, 4) is 0 Å². The molecule has 1 aliphatic rings. The summed E-state index contributed by atoms with van der Waals surface area (Å²) in [5.41, 5.74) is 2.52. The monoisotopic (exact) mass is 181 g/mol. The Morgan fingerprint density at radius 3 is 3.17 bits per heavy atom. The Morgan fingerprint density at radius 1 is 1.58 bits per heavy atom. The summed E-state index contributed by atoms with van der Waals surface area (Å²) in [6, 6.07) is 6.12. The number of benzene rings is 1. The first-order valence-corrected chi connectivity index (χ1v) is 4.73. The molecule has 1 heterocycles. The molecule has 0 aromatic heterocycles. The lowest BCUT2D eigenvalue weighted by Gasteiger charge is -2.05. The third-order valence-electron chi connectivity index (χ3n) is 2.50. The van der Waals surface area contributed by atoms with Gasteiger partial charge in [-0.2, -0.15) is 0 Å². The van der Waals surface area contributed by atoms with Gasteiger partial charge >= 0.3 is 0 Å². The Balaban J connectivity index is 2.46. The highest BCUT2D eigenvalue weighted by molar-refractivity contribution is 6.33. The third kappa shape index (κ3) is 1.09. The molecule has 0 amide bonds. The number of hydrogen-bond acceptors (Lipinski definition) is 1. The summed E-state index contributed by atoms with van der Waals surface area (Å²) in [7, 11) is 0. The van der Waals surface area contributed by atoms with Gasteiger partial charge in [-0.25, -0.2) is 0 Å². The first-order valence-electron chi connectivity index (χ1n) is 4.35. The van der Waals surface area contributed by atoms with E-state index in [1.54, 1.807) is 0 Å². The maximum atomic E-state index is 6.03. The molecule has 0 unspecified atom stereocenters. The first-order chi connectivity index (χ1) is 5.83. The zero-order valence-electron chi connectivity index (χ0n) is 7.10. The fourth-order valence-electron chi connectivity index (χ4n) is 1.77. The molecular weight excluding hydrogens is 170 g/mol. The Labute approximate surface area is 77.7 Å². The van der Waals surface area contributed by atoms with Gasteiger partial charge in [0, 0.05) is 12.5 Å². The molecule has 0 radical (unpaired) electrons. The lowest BCUT2D eigenvalue weighted by Crippen LogP contribution is -1.99. The van der Waals surface area contributed by atoms with Crippen LogP contribution in [0.3, 0.4) is 0 Å². The molecule has 1 aromatic rings. The van der Waals surface area contributed by atoms with Crippen LogP contribution in [0.1, 0.15) is 24.8 Å². The molecule has 1 aliphatic heterocycles. The van der Waals surface area contributed by atoms with E-state index in [1.165, 1.54) is 12.0 Å². The van der Waals surface area contributed by atoms with Crippen molar-refractivity contribution in [1.82, 2.24) is 0 Å². The fraction of sp³-hybridized carbons (Fsp3) is 0.400. The average molecular weight is 182 g/mol. The predicted molar refractivity (Wildman–Crippen MR) is 53.0 cm³/mol. The van der Waals surface area contributed by atoms with Crippen LogP contribution >= 0.6 is 11.6 Å². The highest BCUT2D eigenvalue weighted by atomic mass is 35.5. The van der Waals surface area contributed by atoms with Gasteiger partial charge in [0.2, 0.25) is 0 Å². The van der Waals surface area contributed by atoms with Crippen molar-refractivity contribution in [2.45, 2.75) is 19.3 Å². The van der Waals surface area contributed by atoms with Gasteiger partial charge in [-0.15, -0.1) is 0 Å². The molecule has 2 rings (SSSR count). The third-order valence-corrected chi connectivity index (χ3v) is 2.82. The van der Waals surface area contributed by atoms with Gasteiger partial charge in [-0.3, -0.25) is 0 Å². The van der Waals surface area contributed by atoms with E-state index < -0.39 is 0 Å². The number of rotatable bonds is 1. The highest BCUT2D eigenvalue weighted by Gasteiger charge is 2.21. The zero-order valence-corrected chi connectivity index (χ0v) is 7.86. The number of halogens is 1. The number of fused-ring (bicyclic) bond motifs is 1. The largest absolute Gasteiger partial charge is 0.383 e. The lowest BCUT2D eigenvalue weighted by molar-refractivity contribution is 0.727. The first kappa shape index (κ1) is 7.93. The van der Waals surface area contributed by atoms with Gasteiger partial charge in [0.15, 0.2) is 0 Å². The molecular formula is C10H12ClN. The average Bonchev–Trinajstić information content (AvgIpc) is 2.49. The Kier molecular flexibility index (Phi) is 1.97. The quantitative estimate of drug-likeness (QED) is 0.702. The minimum absolute atomic E-state index is 0.652. The van der Waals surface area contributed by atoms with E-state index in [0.717, 1.165) is 17.3 Å². The molecule has 0 fully saturated rings. The van der Waals surface area contributed by atoms with Crippen molar-refractivity contribution in [3.63, 3.8) is 0 Å². The van der Waals surface area contributed by atoms with E-state index in [9.17, 15) is 0 Å². The molecule has 12 heavy (non-hydrogen) atoms. The maximum absolute atomic E-state index is 6.03. The van der Waals surface area contributed by atoms with Gasteiger partial charge < -0.3 is 5.32 Å². The molecule has 1 atom stereocenters. The van der Waals surface area contributed by atoms with E-state index in [2.05, 4.69) is 18.3 Å². The van der Waals surface area contributed by atoms with Crippen LogP contribution in [0, 0.1) is 0 Å². The van der Waals surface area contributed by atoms with Crippen LogP contribution in [-0.4, -0.2) is 6.54 Å². The second-order valence-electron chi connectivity index (χ2n) is 3.19. The Morgan fingerprint density at radius 2 is 2.42 bits per heavy atom. The number of hydrogen-bond donors (Lipinski definition) is 1. The molecule has 64 valence electrons. The predicted octanol–water partition coefficient (Wildman–Crippen LogP) is 3.26. The van der Waals surface area contributed by atoms with E-state index >= 15 is 0 Å². The van der Waals surface area contributed by atoms with Gasteiger partial charge in [-0.1, -0.05) is 30.7 Å². The normalized spacial score (nSPS) is 20.3. The summed E-state index contributed by atoms with van der Waals surface area (Å²) >= 11 is 6.03. The van der Waals surface area contributed by atoms with Crippen LogP contribution in [0.5, 0.6) is 0 Å². The van der Waals surface area contributed by atoms with Crippen LogP contribution < -0.4 is 5.32 Å². The van der Waals surface area contributed by atoms with Crippen LogP contribution in [0.15, 0.2) is 18.2 Å². The molecule has 1 nitrogen and oxygen atoms in total. The second-order valence-corrected chi connectivity index (χ2v) is 3.60. The Bertz CT molecular complexity index is 296. The summed E-state index contributed by atoms with van der Waals surface area (Å²) < 4.78 is 0. The Hall–Kier alpha value is -0.690. The van der Waals surface area contributed by atoms with Gasteiger partial charge in [0.1, 0.15) is 0 Å². The highest BCUT2D eigenvalue weighted by Crippen LogP contribution is 2.37. The molecule has 1 N–H and O–H groups in total. The van der Waals surface area contributed by atoms with Gasteiger partial charge in [0.05, 0.1) is 10.7 Å². The van der Waals surface area contributed by atoms with Crippen LogP contribution in [-0.2, 0) is 0 Å². The molecule has 0 saturated heterocycles. The van der Waals surface area contributed by atoms with Crippen molar-refractivity contribution in [2.24, 2.45) is 0 Å². The van der Waals surface area contributed by atoms with E-state index in [1.807, 2.05) is 12.1 Å². The zero-order chi connectivity index (χ0) is 8.55. The van der Waals surface area contributed by atoms with Crippen molar-refractivity contribution in [3.05, 3.63) is 28.8 Å². The number of para-hydroxylation sites is 1. The van der Waals surface area contributed by atoms with Crippen molar-refractivity contribution in [2.75, 3.05) is 11.9 Å². The fourth-order valence-corrected chi connectivity index (χ4v) is 2.02. The van der Waals surface area contributed by atoms with E-state index in [-0.39, 0.29) is 0 Å². The summed E-state index contributed by atoms with van der Waals surface area (Å²) in [4.78, 5) is 0.